The lowest BCUT2D eigenvalue weighted by atomic mass is 9.72. The van der Waals surface area contributed by atoms with Crippen LogP contribution in [-0.2, 0) is 27.4 Å². The minimum atomic E-state index is -3.07. The summed E-state index contributed by atoms with van der Waals surface area (Å²) in [7, 11) is 5.22. The molecule has 1 N–H and O–H groups in total. The van der Waals surface area contributed by atoms with Crippen molar-refractivity contribution in [3.05, 3.63) is 89.5 Å². The summed E-state index contributed by atoms with van der Waals surface area (Å²) < 4.78 is 49.3. The molecular formula is C52H59F2N9O7. The number of aromatic nitrogens is 5. The molecule has 16 nitrogen and oxygen atoms in total. The van der Waals surface area contributed by atoms with Crippen molar-refractivity contribution < 1.29 is 42.5 Å². The molecule has 2 amide bonds. The van der Waals surface area contributed by atoms with Crippen LogP contribution in [0.15, 0.2) is 67.0 Å². The van der Waals surface area contributed by atoms with Gasteiger partial charge in [0.1, 0.15) is 22.6 Å². The van der Waals surface area contributed by atoms with Gasteiger partial charge in [-0.15, -0.1) is 0 Å². The van der Waals surface area contributed by atoms with Crippen LogP contribution in [0.5, 0.6) is 11.5 Å². The number of rotatable bonds is 13. The first-order valence-corrected chi connectivity index (χ1v) is 23.6. The fourth-order valence-corrected chi connectivity index (χ4v) is 10.5. The number of methoxy groups -OCH3 is 2. The topological polar surface area (TPSA) is 169 Å². The van der Waals surface area contributed by atoms with E-state index in [-0.39, 0.29) is 40.1 Å². The summed E-state index contributed by atoms with van der Waals surface area (Å²) in [6, 6.07) is 17.0. The van der Waals surface area contributed by atoms with E-state index in [1.165, 1.54) is 4.90 Å². The highest BCUT2D eigenvalue weighted by atomic mass is 19.3. The number of carboxylic acid groups (broad SMARTS) is 1. The van der Waals surface area contributed by atoms with Crippen LogP contribution >= 0.6 is 0 Å². The molecule has 2 aliphatic heterocycles. The molecule has 0 bridgehead atoms. The Morgan fingerprint density at radius 1 is 0.914 bits per heavy atom. The number of hydrogen-bond acceptors (Lipinski definition) is 12. The van der Waals surface area contributed by atoms with Crippen LogP contribution in [0.4, 0.5) is 25.1 Å². The monoisotopic (exact) mass is 959 g/mol. The molecule has 18 heteroatoms. The van der Waals surface area contributed by atoms with E-state index >= 15 is 0 Å². The van der Waals surface area contributed by atoms with Gasteiger partial charge < -0.3 is 24.2 Å². The van der Waals surface area contributed by atoms with E-state index in [1.54, 1.807) is 72.5 Å². The van der Waals surface area contributed by atoms with E-state index in [0.717, 1.165) is 72.3 Å². The number of halogens is 2. The number of alkyl halides is 2. The third kappa shape index (κ3) is 9.33. The number of ether oxygens (including phenoxy) is 3. The second-order valence-corrected chi connectivity index (χ2v) is 20.1. The van der Waals surface area contributed by atoms with Crippen molar-refractivity contribution in [1.82, 2.24) is 39.4 Å². The van der Waals surface area contributed by atoms with Crippen LogP contribution in [-0.4, -0.2) is 122 Å². The molecule has 0 radical (unpaired) electrons. The molecule has 0 atom stereocenters. The predicted octanol–water partition coefficient (Wildman–Crippen LogP) is 9.11. The van der Waals surface area contributed by atoms with Gasteiger partial charge in [0.2, 0.25) is 5.91 Å². The number of fused-ring (bicyclic) bond motifs is 2. The average Bonchev–Trinajstić information content (AvgIpc) is 3.73. The molecule has 6 aromatic rings. The molecule has 3 aliphatic rings. The third-order valence-corrected chi connectivity index (χ3v) is 14.0. The van der Waals surface area contributed by atoms with Gasteiger partial charge in [-0.2, -0.15) is 5.10 Å². The molecule has 3 aromatic carbocycles. The third-order valence-electron chi connectivity index (χ3n) is 14.0. The standard InChI is InChI=1S/C52H59F2N9O7/c1-30-36(37-12-10-14-42-38(37)23-56-63(42)35-20-43(68-7)39(44(21-35)69-8)25-60-26-52(27-60)28-61(29-52)31(2)64)11-9-13-41(30)62(50(67)70-51(3,4)5)48-45-40(57-47(58-48)46(53)54)19-32(22-55-45)24-59(6)34-17-15-33(16-18-34)49(65)66/h9-14,19-23,33-34,46H,15-18,24-29H2,1-8H3,(H,65,66). The fraction of sp³-hybridized carbons (Fsp3) is 0.442. The van der Waals surface area contributed by atoms with Crippen molar-refractivity contribution in [3.63, 3.8) is 0 Å². The summed E-state index contributed by atoms with van der Waals surface area (Å²) in [6.07, 6.45) is 2.11. The molecule has 3 aromatic heterocycles. The lowest BCUT2D eigenvalue weighted by Crippen LogP contribution is -2.72. The first-order chi connectivity index (χ1) is 33.4. The molecule has 1 spiro atoms. The Morgan fingerprint density at radius 3 is 2.21 bits per heavy atom. The Labute approximate surface area is 405 Å². The van der Waals surface area contributed by atoms with Crippen LogP contribution in [0.2, 0.25) is 0 Å². The number of hydrogen-bond donors (Lipinski definition) is 1. The minimum absolute atomic E-state index is 0.110. The van der Waals surface area contributed by atoms with Gasteiger partial charge in [-0.3, -0.25) is 24.4 Å². The van der Waals surface area contributed by atoms with Gasteiger partial charge in [0, 0.05) is 81.4 Å². The largest absolute Gasteiger partial charge is 0.496 e. The number of anilines is 2. The Kier molecular flexibility index (Phi) is 13.0. The van der Waals surface area contributed by atoms with Crippen molar-refractivity contribution in [1.29, 1.82) is 0 Å². The number of carboxylic acids is 1. The maximum Gasteiger partial charge on any atom is 0.420 e. The lowest BCUT2D eigenvalue weighted by molar-refractivity contribution is -0.157. The first kappa shape index (κ1) is 48.2. The zero-order valence-electron chi connectivity index (χ0n) is 40.8. The van der Waals surface area contributed by atoms with Crippen LogP contribution in [0.25, 0.3) is 38.8 Å². The predicted molar refractivity (Wildman–Crippen MR) is 260 cm³/mol. The summed E-state index contributed by atoms with van der Waals surface area (Å²) in [5, 5.41) is 15.2. The summed E-state index contributed by atoms with van der Waals surface area (Å²) in [5.74, 6) is -0.635. The van der Waals surface area contributed by atoms with Crippen molar-refractivity contribution in [2.24, 2.45) is 11.3 Å². The Balaban J connectivity index is 1.06. The normalized spacial score (nSPS) is 18.0. The van der Waals surface area contributed by atoms with Gasteiger partial charge in [0.05, 0.1) is 54.3 Å². The van der Waals surface area contributed by atoms with Crippen LogP contribution < -0.4 is 14.4 Å². The molecule has 0 unspecified atom stereocenters. The summed E-state index contributed by atoms with van der Waals surface area (Å²) >= 11 is 0. The SMILES string of the molecule is COc1cc(-n2ncc3c(-c4cccc(N(C(=O)OC(C)(C)C)c5nc(C(F)F)nc6cc(CN(C)C7CCC(C(=O)O)CC7)cnc56)c4C)cccc32)cc(OC)c1CN1CC2(C1)CN(C(C)=O)C2. The van der Waals surface area contributed by atoms with E-state index in [0.29, 0.717) is 54.2 Å². The second kappa shape index (κ2) is 18.8. The highest BCUT2D eigenvalue weighted by Gasteiger charge is 2.52. The van der Waals surface area contributed by atoms with E-state index in [9.17, 15) is 28.3 Å². The van der Waals surface area contributed by atoms with Crippen molar-refractivity contribution >= 4 is 51.4 Å². The van der Waals surface area contributed by atoms with Gasteiger partial charge in [-0.25, -0.2) is 33.1 Å². The highest BCUT2D eigenvalue weighted by molar-refractivity contribution is 6.05. The van der Waals surface area contributed by atoms with E-state index in [1.807, 2.05) is 60.0 Å². The van der Waals surface area contributed by atoms with Crippen LogP contribution in [0, 0.1) is 18.3 Å². The van der Waals surface area contributed by atoms with Gasteiger partial charge in [0.25, 0.3) is 6.43 Å². The van der Waals surface area contributed by atoms with Crippen LogP contribution in [0.1, 0.15) is 82.3 Å². The molecule has 1 aliphatic carbocycles. The number of benzene rings is 3. The number of amides is 2. The molecule has 5 heterocycles. The number of pyridine rings is 1. The minimum Gasteiger partial charge on any atom is -0.496 e. The molecule has 1 saturated carbocycles. The van der Waals surface area contributed by atoms with Crippen LogP contribution in [0.3, 0.4) is 0 Å². The smallest absolute Gasteiger partial charge is 0.420 e. The zero-order valence-corrected chi connectivity index (χ0v) is 40.8. The molecule has 9 rings (SSSR count). The van der Waals surface area contributed by atoms with E-state index < -0.39 is 29.9 Å². The molecule has 2 saturated heterocycles. The van der Waals surface area contributed by atoms with E-state index in [2.05, 4.69) is 19.8 Å². The first-order valence-electron chi connectivity index (χ1n) is 23.6. The number of likely N-dealkylation sites (tertiary alicyclic amines) is 2. The van der Waals surface area contributed by atoms with E-state index in [4.69, 9.17) is 24.3 Å². The summed E-state index contributed by atoms with van der Waals surface area (Å²) in [5.41, 5.74) is 5.09. The Morgan fingerprint density at radius 2 is 1.59 bits per heavy atom. The number of nitrogens with zero attached hydrogens (tertiary/aromatic N) is 9. The summed E-state index contributed by atoms with van der Waals surface area (Å²) in [6.45, 7) is 13.0. The Bertz CT molecular complexity index is 2960. The van der Waals surface area contributed by atoms with Crippen molar-refractivity contribution in [3.8, 4) is 28.3 Å². The van der Waals surface area contributed by atoms with Gasteiger partial charge in [-0.05, 0) is 101 Å². The molecule has 70 heavy (non-hydrogen) atoms. The Hall–Kier alpha value is -6.79. The van der Waals surface area contributed by atoms with Gasteiger partial charge >= 0.3 is 12.1 Å². The van der Waals surface area contributed by atoms with Gasteiger partial charge in [-0.1, -0.05) is 24.3 Å². The number of carbonyl (C=O) groups is 3. The quantitative estimate of drug-likeness (QED) is 0.116. The maximum atomic E-state index is 14.8. The van der Waals surface area contributed by atoms with Crippen molar-refractivity contribution in [2.45, 2.75) is 91.5 Å². The average molecular weight is 960 g/mol. The second-order valence-electron chi connectivity index (χ2n) is 20.1. The van der Waals surface area contributed by atoms with Gasteiger partial charge in [0.15, 0.2) is 11.6 Å². The molecule has 368 valence electrons. The summed E-state index contributed by atoms with van der Waals surface area (Å²) in [4.78, 5) is 58.7. The highest BCUT2D eigenvalue weighted by Crippen LogP contribution is 2.44. The molecular weight excluding hydrogens is 901 g/mol. The maximum absolute atomic E-state index is 14.8. The fourth-order valence-electron chi connectivity index (χ4n) is 10.5. The number of aliphatic carboxylic acids is 1. The van der Waals surface area contributed by atoms with Crippen molar-refractivity contribution in [2.75, 3.05) is 52.3 Å². The number of carbonyl (C=O) groups excluding carboxylic acids is 2. The molecule has 3 fully saturated rings. The zero-order chi connectivity index (χ0) is 49.8. The lowest BCUT2D eigenvalue weighted by Gasteiger charge is -2.60.